The molecule has 0 radical (unpaired) electrons. The molecule has 0 bridgehead atoms. The first-order chi connectivity index (χ1) is 13.3. The van der Waals surface area contributed by atoms with Crippen molar-refractivity contribution in [3.63, 3.8) is 0 Å². The minimum Gasteiger partial charge on any atom is -0.320 e. The summed E-state index contributed by atoms with van der Waals surface area (Å²) in [4.78, 5) is 17.0. The number of amides is 1. The highest BCUT2D eigenvalue weighted by Gasteiger charge is 2.34. The van der Waals surface area contributed by atoms with Gasteiger partial charge in [0.2, 0.25) is 0 Å². The topological polar surface area (TPSA) is 46.9 Å². The van der Waals surface area contributed by atoms with Crippen molar-refractivity contribution in [2.24, 2.45) is 0 Å². The van der Waals surface area contributed by atoms with Crippen molar-refractivity contribution in [2.75, 3.05) is 5.32 Å². The Balaban J connectivity index is 1.66. The van der Waals surface area contributed by atoms with E-state index in [1.54, 1.807) is 6.92 Å². The molecule has 0 saturated carbocycles. The van der Waals surface area contributed by atoms with E-state index in [0.717, 1.165) is 16.3 Å². The van der Waals surface area contributed by atoms with Gasteiger partial charge in [-0.05, 0) is 37.3 Å². The van der Waals surface area contributed by atoms with Crippen LogP contribution in [0.15, 0.2) is 60.8 Å². The number of halogens is 3. The molecule has 0 fully saturated rings. The van der Waals surface area contributed by atoms with E-state index in [1.807, 2.05) is 24.3 Å². The monoisotopic (exact) mass is 401 g/mol. The van der Waals surface area contributed by atoms with Crippen LogP contribution in [0.2, 0.25) is 0 Å². The number of rotatable bonds is 3. The van der Waals surface area contributed by atoms with Gasteiger partial charge in [0.1, 0.15) is 0 Å². The first-order valence-electron chi connectivity index (χ1n) is 8.36. The van der Waals surface area contributed by atoms with E-state index >= 15 is 0 Å². The van der Waals surface area contributed by atoms with E-state index < -0.39 is 17.6 Å². The van der Waals surface area contributed by atoms with Gasteiger partial charge in [-0.1, -0.05) is 35.6 Å². The molecule has 0 aliphatic carbocycles. The molecule has 4 rings (SSSR count). The largest absolute Gasteiger partial charge is 0.418 e. The van der Waals surface area contributed by atoms with Gasteiger partial charge in [-0.3, -0.25) is 10.1 Å². The summed E-state index contributed by atoms with van der Waals surface area (Å²) in [5, 5.41) is 3.17. The Labute approximate surface area is 162 Å². The molecule has 0 spiro atoms. The number of para-hydroxylation sites is 2. The molecule has 4 nitrogen and oxygen atoms in total. The smallest absolute Gasteiger partial charge is 0.320 e. The maximum Gasteiger partial charge on any atom is 0.418 e. The van der Waals surface area contributed by atoms with Crippen LogP contribution in [0.5, 0.6) is 0 Å². The quantitative estimate of drug-likeness (QED) is 0.481. The van der Waals surface area contributed by atoms with Crippen molar-refractivity contribution in [3.8, 4) is 5.69 Å². The highest BCUT2D eigenvalue weighted by Crippen LogP contribution is 2.34. The predicted molar refractivity (Wildman–Crippen MR) is 103 cm³/mol. The Morgan fingerprint density at radius 3 is 2.54 bits per heavy atom. The standard InChI is InChI=1S/C20H14F3N3OS/c1-12-13(18(27)25-19-24-15-7-3-5-9-17(15)28-19)10-11-26(12)16-8-4-2-6-14(16)20(21,22)23/h2-11H,1H3,(H,24,25,27). The summed E-state index contributed by atoms with van der Waals surface area (Å²) in [5.74, 6) is -0.417. The second kappa shape index (κ2) is 6.79. The van der Waals surface area contributed by atoms with E-state index in [9.17, 15) is 18.0 Å². The van der Waals surface area contributed by atoms with Gasteiger partial charge in [-0.25, -0.2) is 4.98 Å². The lowest BCUT2D eigenvalue weighted by Crippen LogP contribution is -2.14. The number of benzene rings is 2. The van der Waals surface area contributed by atoms with Gasteiger partial charge in [-0.15, -0.1) is 0 Å². The maximum atomic E-state index is 13.3. The van der Waals surface area contributed by atoms with E-state index in [0.29, 0.717) is 10.8 Å². The molecule has 0 unspecified atom stereocenters. The molecule has 4 aromatic rings. The van der Waals surface area contributed by atoms with E-state index in [4.69, 9.17) is 0 Å². The van der Waals surface area contributed by atoms with Crippen LogP contribution in [-0.4, -0.2) is 15.5 Å². The summed E-state index contributed by atoms with van der Waals surface area (Å²) < 4.78 is 42.3. The van der Waals surface area contributed by atoms with Crippen LogP contribution in [-0.2, 0) is 6.18 Å². The second-order valence-electron chi connectivity index (χ2n) is 6.14. The lowest BCUT2D eigenvalue weighted by molar-refractivity contribution is -0.137. The first-order valence-corrected chi connectivity index (χ1v) is 9.18. The number of carbonyl (C=O) groups excluding carboxylic acids is 1. The maximum absolute atomic E-state index is 13.3. The van der Waals surface area contributed by atoms with Crippen LogP contribution < -0.4 is 5.32 Å². The van der Waals surface area contributed by atoms with Crippen molar-refractivity contribution >= 4 is 32.6 Å². The van der Waals surface area contributed by atoms with Crippen molar-refractivity contribution in [1.82, 2.24) is 9.55 Å². The van der Waals surface area contributed by atoms with Crippen LogP contribution in [0.25, 0.3) is 15.9 Å². The Hall–Kier alpha value is -3.13. The zero-order valence-electron chi connectivity index (χ0n) is 14.6. The lowest BCUT2D eigenvalue weighted by Gasteiger charge is -2.15. The zero-order valence-corrected chi connectivity index (χ0v) is 15.4. The van der Waals surface area contributed by atoms with Crippen LogP contribution in [0.1, 0.15) is 21.6 Å². The molecule has 28 heavy (non-hydrogen) atoms. The molecule has 142 valence electrons. The van der Waals surface area contributed by atoms with Gasteiger partial charge < -0.3 is 4.57 Å². The number of nitrogens with one attached hydrogen (secondary N) is 1. The van der Waals surface area contributed by atoms with Crippen molar-refractivity contribution in [1.29, 1.82) is 0 Å². The Bertz CT molecular complexity index is 1140. The fraction of sp³-hybridized carbons (Fsp3) is 0.100. The van der Waals surface area contributed by atoms with Gasteiger partial charge in [0.05, 0.1) is 27.0 Å². The second-order valence-corrected chi connectivity index (χ2v) is 7.17. The highest BCUT2D eigenvalue weighted by atomic mass is 32.1. The average molecular weight is 401 g/mol. The number of hydrogen-bond donors (Lipinski definition) is 1. The van der Waals surface area contributed by atoms with Crippen molar-refractivity contribution in [3.05, 3.63) is 77.6 Å². The van der Waals surface area contributed by atoms with Crippen LogP contribution >= 0.6 is 11.3 Å². The Morgan fingerprint density at radius 1 is 1.07 bits per heavy atom. The summed E-state index contributed by atoms with van der Waals surface area (Å²) in [6.45, 7) is 1.61. The number of carbonyl (C=O) groups is 1. The molecule has 8 heteroatoms. The summed E-state index contributed by atoms with van der Waals surface area (Å²) in [6, 6.07) is 14.3. The Morgan fingerprint density at radius 2 is 1.79 bits per heavy atom. The number of nitrogens with zero attached hydrogens (tertiary/aromatic N) is 2. The molecular formula is C20H14F3N3OS. The van der Waals surface area contributed by atoms with E-state index in [1.165, 1.54) is 46.4 Å². The molecule has 2 aromatic carbocycles. The number of alkyl halides is 3. The number of thiazole rings is 1. The molecule has 2 heterocycles. The van der Waals surface area contributed by atoms with Crippen LogP contribution in [0, 0.1) is 6.92 Å². The third-order valence-corrected chi connectivity index (χ3v) is 5.32. The van der Waals surface area contributed by atoms with Crippen molar-refractivity contribution in [2.45, 2.75) is 13.1 Å². The fourth-order valence-corrected chi connectivity index (χ4v) is 3.89. The third-order valence-electron chi connectivity index (χ3n) is 4.37. The molecule has 0 aliphatic rings. The third kappa shape index (κ3) is 3.27. The molecule has 2 aromatic heterocycles. The minimum absolute atomic E-state index is 0.0217. The van der Waals surface area contributed by atoms with Gasteiger partial charge >= 0.3 is 6.18 Å². The van der Waals surface area contributed by atoms with Gasteiger partial charge in [-0.2, -0.15) is 13.2 Å². The first kappa shape index (κ1) is 18.2. The summed E-state index contributed by atoms with van der Waals surface area (Å²) in [7, 11) is 0. The van der Waals surface area contributed by atoms with Gasteiger partial charge in [0, 0.05) is 11.9 Å². The van der Waals surface area contributed by atoms with Crippen LogP contribution in [0.3, 0.4) is 0 Å². The summed E-state index contributed by atoms with van der Waals surface area (Å²) in [6.07, 6.45) is -3.02. The molecular weight excluding hydrogens is 387 g/mol. The fourth-order valence-electron chi connectivity index (χ4n) is 3.03. The molecule has 1 amide bonds. The lowest BCUT2D eigenvalue weighted by atomic mass is 10.1. The minimum atomic E-state index is -4.49. The number of aromatic nitrogens is 2. The molecule has 1 N–H and O–H groups in total. The van der Waals surface area contributed by atoms with Gasteiger partial charge in [0.15, 0.2) is 5.13 Å². The molecule has 0 aliphatic heterocycles. The van der Waals surface area contributed by atoms with E-state index in [-0.39, 0.29) is 11.3 Å². The number of fused-ring (bicyclic) bond motifs is 1. The zero-order chi connectivity index (χ0) is 19.9. The number of hydrogen-bond acceptors (Lipinski definition) is 3. The summed E-state index contributed by atoms with van der Waals surface area (Å²) in [5.41, 5.74) is 0.695. The number of anilines is 1. The highest BCUT2D eigenvalue weighted by molar-refractivity contribution is 7.22. The van der Waals surface area contributed by atoms with Crippen LogP contribution in [0.4, 0.5) is 18.3 Å². The van der Waals surface area contributed by atoms with Gasteiger partial charge in [0.25, 0.3) is 5.91 Å². The Kier molecular flexibility index (Phi) is 4.43. The molecule has 0 saturated heterocycles. The van der Waals surface area contributed by atoms with E-state index in [2.05, 4.69) is 10.3 Å². The predicted octanol–water partition coefficient (Wildman–Crippen LogP) is 5.67. The van der Waals surface area contributed by atoms with Crippen molar-refractivity contribution < 1.29 is 18.0 Å². The SMILES string of the molecule is Cc1c(C(=O)Nc2nc3ccccc3s2)ccn1-c1ccccc1C(F)(F)F. The summed E-state index contributed by atoms with van der Waals surface area (Å²) >= 11 is 1.34. The normalized spacial score (nSPS) is 11.7. The average Bonchev–Trinajstić information content (AvgIpc) is 3.23. The molecule has 0 atom stereocenters.